The first-order chi connectivity index (χ1) is 8.25. The van der Waals surface area contributed by atoms with Crippen molar-refractivity contribution >= 4 is 27.5 Å². The lowest BCUT2D eigenvalue weighted by molar-refractivity contribution is 0.692. The number of hydrogen-bond acceptors (Lipinski definition) is 2. The lowest BCUT2D eigenvalue weighted by Gasteiger charge is -2.07. The number of benzene rings is 1. The van der Waals surface area contributed by atoms with Gasteiger partial charge in [-0.3, -0.25) is 4.98 Å². The minimum absolute atomic E-state index is 0.751. The summed E-state index contributed by atoms with van der Waals surface area (Å²) < 4.78 is 1.04. The lowest BCUT2D eigenvalue weighted by Crippen LogP contribution is -2.12. The fourth-order valence-electron chi connectivity index (χ4n) is 1.52. The highest BCUT2D eigenvalue weighted by Gasteiger charge is 2.00. The van der Waals surface area contributed by atoms with Gasteiger partial charge in [-0.2, -0.15) is 0 Å². The van der Waals surface area contributed by atoms with Crippen molar-refractivity contribution in [2.75, 3.05) is 0 Å². The molecule has 0 bridgehead atoms. The van der Waals surface area contributed by atoms with E-state index < -0.39 is 0 Å². The Labute approximate surface area is 114 Å². The molecule has 0 atom stereocenters. The van der Waals surface area contributed by atoms with Crippen molar-refractivity contribution in [3.05, 3.63) is 63.3 Å². The van der Waals surface area contributed by atoms with Gasteiger partial charge in [0.05, 0.1) is 0 Å². The predicted octanol–water partition coefficient (Wildman–Crippen LogP) is 3.79. The van der Waals surface area contributed by atoms with E-state index in [1.54, 1.807) is 12.4 Å². The van der Waals surface area contributed by atoms with Crippen LogP contribution in [0.4, 0.5) is 0 Å². The Hall–Kier alpha value is -0.900. The van der Waals surface area contributed by atoms with Crippen molar-refractivity contribution in [2.24, 2.45) is 0 Å². The molecule has 4 heteroatoms. The molecule has 0 fully saturated rings. The van der Waals surface area contributed by atoms with E-state index >= 15 is 0 Å². The van der Waals surface area contributed by atoms with Gasteiger partial charge in [0, 0.05) is 35.0 Å². The zero-order chi connectivity index (χ0) is 12.1. The van der Waals surface area contributed by atoms with E-state index in [0.717, 1.165) is 28.1 Å². The summed E-state index contributed by atoms with van der Waals surface area (Å²) in [6.45, 7) is 1.56. The van der Waals surface area contributed by atoms with Crippen LogP contribution in [0.25, 0.3) is 0 Å². The second kappa shape index (κ2) is 6.15. The molecule has 17 heavy (non-hydrogen) atoms. The van der Waals surface area contributed by atoms with Gasteiger partial charge in [-0.25, -0.2) is 0 Å². The molecular formula is C13H12BrClN2. The van der Waals surface area contributed by atoms with E-state index in [2.05, 4.69) is 26.2 Å². The quantitative estimate of drug-likeness (QED) is 0.929. The largest absolute Gasteiger partial charge is 0.309 e. The summed E-state index contributed by atoms with van der Waals surface area (Å²) in [5, 5.41) is 4.14. The number of hydrogen-bond donors (Lipinski definition) is 1. The molecule has 0 aliphatic carbocycles. The van der Waals surface area contributed by atoms with Gasteiger partial charge in [-0.1, -0.05) is 27.5 Å². The molecular weight excluding hydrogens is 300 g/mol. The average molecular weight is 312 g/mol. The summed E-state index contributed by atoms with van der Waals surface area (Å²) >= 11 is 9.55. The molecule has 1 N–H and O–H groups in total. The molecule has 88 valence electrons. The Morgan fingerprint density at radius 3 is 2.65 bits per heavy atom. The van der Waals surface area contributed by atoms with Crippen molar-refractivity contribution in [3.8, 4) is 0 Å². The van der Waals surface area contributed by atoms with Gasteiger partial charge in [0.15, 0.2) is 0 Å². The van der Waals surface area contributed by atoms with Gasteiger partial charge < -0.3 is 5.32 Å². The molecule has 2 nitrogen and oxygen atoms in total. The third-order valence-corrected chi connectivity index (χ3v) is 3.26. The monoisotopic (exact) mass is 310 g/mol. The van der Waals surface area contributed by atoms with Crippen molar-refractivity contribution < 1.29 is 0 Å². The van der Waals surface area contributed by atoms with Crippen LogP contribution in [0.3, 0.4) is 0 Å². The average Bonchev–Trinajstić information content (AvgIpc) is 2.35. The molecule has 0 radical (unpaired) electrons. The number of nitrogens with one attached hydrogen (secondary N) is 1. The summed E-state index contributed by atoms with van der Waals surface area (Å²) in [7, 11) is 0. The first kappa shape index (κ1) is 12.6. The SMILES string of the molecule is Clc1ccc(Br)cc1CNCc1ccncc1. The zero-order valence-corrected chi connectivity index (χ0v) is 11.5. The first-order valence-electron chi connectivity index (χ1n) is 5.29. The Bertz CT molecular complexity index is 488. The van der Waals surface area contributed by atoms with Crippen LogP contribution >= 0.6 is 27.5 Å². The normalized spacial score (nSPS) is 10.5. The smallest absolute Gasteiger partial charge is 0.0451 e. The highest BCUT2D eigenvalue weighted by Crippen LogP contribution is 2.20. The number of pyridine rings is 1. The maximum Gasteiger partial charge on any atom is 0.0451 e. The van der Waals surface area contributed by atoms with Crippen molar-refractivity contribution in [3.63, 3.8) is 0 Å². The van der Waals surface area contributed by atoms with Gasteiger partial charge >= 0.3 is 0 Å². The summed E-state index contributed by atoms with van der Waals surface area (Å²) in [5.41, 5.74) is 2.31. The molecule has 2 rings (SSSR count). The van der Waals surface area contributed by atoms with E-state index in [1.165, 1.54) is 5.56 Å². The maximum atomic E-state index is 6.11. The van der Waals surface area contributed by atoms with Crippen molar-refractivity contribution in [1.82, 2.24) is 10.3 Å². The van der Waals surface area contributed by atoms with Gasteiger partial charge in [0.2, 0.25) is 0 Å². The highest BCUT2D eigenvalue weighted by atomic mass is 79.9. The second-order valence-corrected chi connectivity index (χ2v) is 5.02. The molecule has 0 saturated carbocycles. The van der Waals surface area contributed by atoms with Crippen molar-refractivity contribution in [2.45, 2.75) is 13.1 Å². The summed E-state index contributed by atoms with van der Waals surface area (Å²) in [6, 6.07) is 9.86. The van der Waals surface area contributed by atoms with Gasteiger partial charge in [-0.15, -0.1) is 0 Å². The van der Waals surface area contributed by atoms with Crippen LogP contribution in [0.15, 0.2) is 47.2 Å². The van der Waals surface area contributed by atoms with Crippen LogP contribution in [-0.4, -0.2) is 4.98 Å². The Kier molecular flexibility index (Phi) is 4.54. The Morgan fingerprint density at radius 1 is 1.12 bits per heavy atom. The molecule has 0 aliphatic heterocycles. The van der Waals surface area contributed by atoms with Crippen LogP contribution < -0.4 is 5.32 Å². The topological polar surface area (TPSA) is 24.9 Å². The third kappa shape index (κ3) is 3.80. The number of rotatable bonds is 4. The van der Waals surface area contributed by atoms with Crippen LogP contribution in [0.2, 0.25) is 5.02 Å². The number of aromatic nitrogens is 1. The van der Waals surface area contributed by atoms with Gasteiger partial charge in [-0.05, 0) is 41.5 Å². The second-order valence-electron chi connectivity index (χ2n) is 3.69. The van der Waals surface area contributed by atoms with E-state index in [0.29, 0.717) is 0 Å². The van der Waals surface area contributed by atoms with Crippen LogP contribution in [0.5, 0.6) is 0 Å². The Balaban J connectivity index is 1.92. The number of nitrogens with zero attached hydrogens (tertiary/aromatic N) is 1. The fraction of sp³-hybridized carbons (Fsp3) is 0.154. The molecule has 0 unspecified atom stereocenters. The number of halogens is 2. The van der Waals surface area contributed by atoms with E-state index in [4.69, 9.17) is 11.6 Å². The van der Waals surface area contributed by atoms with Gasteiger partial charge in [0.25, 0.3) is 0 Å². The predicted molar refractivity (Wildman–Crippen MR) is 73.9 cm³/mol. The van der Waals surface area contributed by atoms with Crippen molar-refractivity contribution in [1.29, 1.82) is 0 Å². The molecule has 1 heterocycles. The first-order valence-corrected chi connectivity index (χ1v) is 6.46. The molecule has 0 spiro atoms. The van der Waals surface area contributed by atoms with Gasteiger partial charge in [0.1, 0.15) is 0 Å². The van der Waals surface area contributed by atoms with Crippen LogP contribution in [0, 0.1) is 0 Å². The lowest BCUT2D eigenvalue weighted by atomic mass is 10.2. The van der Waals surface area contributed by atoms with E-state index in [9.17, 15) is 0 Å². The minimum Gasteiger partial charge on any atom is -0.309 e. The Morgan fingerprint density at radius 2 is 1.88 bits per heavy atom. The fourth-order valence-corrected chi connectivity index (χ4v) is 2.11. The third-order valence-electron chi connectivity index (χ3n) is 2.40. The van der Waals surface area contributed by atoms with E-state index in [1.807, 2.05) is 30.3 Å². The summed E-state index contributed by atoms with van der Waals surface area (Å²) in [6.07, 6.45) is 3.59. The van der Waals surface area contributed by atoms with Crippen LogP contribution in [-0.2, 0) is 13.1 Å². The summed E-state index contributed by atoms with van der Waals surface area (Å²) in [5.74, 6) is 0. The molecule has 0 aliphatic rings. The molecule has 1 aromatic heterocycles. The molecule has 0 saturated heterocycles. The summed E-state index contributed by atoms with van der Waals surface area (Å²) in [4.78, 5) is 3.98. The molecule has 2 aromatic rings. The highest BCUT2D eigenvalue weighted by molar-refractivity contribution is 9.10. The van der Waals surface area contributed by atoms with E-state index in [-0.39, 0.29) is 0 Å². The zero-order valence-electron chi connectivity index (χ0n) is 9.16. The standard InChI is InChI=1S/C13H12BrClN2/c14-12-1-2-13(15)11(7-12)9-17-8-10-3-5-16-6-4-10/h1-7,17H,8-9H2. The molecule has 0 amide bonds. The van der Waals surface area contributed by atoms with Crippen LogP contribution in [0.1, 0.15) is 11.1 Å². The minimum atomic E-state index is 0.751. The molecule has 1 aromatic carbocycles. The maximum absolute atomic E-state index is 6.11.